The molecule has 2 heterocycles. The van der Waals surface area contributed by atoms with Crippen LogP contribution in [0.25, 0.3) is 98.1 Å². The Balaban J connectivity index is 1.10. The average molecular weight is 899 g/mol. The molecule has 6 nitrogen and oxygen atoms in total. The summed E-state index contributed by atoms with van der Waals surface area (Å²) in [6, 6.07) is 54.6. The molecule has 0 saturated heterocycles. The van der Waals surface area contributed by atoms with Crippen molar-refractivity contribution >= 4 is 103 Å². The summed E-state index contributed by atoms with van der Waals surface area (Å²) in [5, 5.41) is 12.8. The number of hydrogen-bond donors (Lipinski definition) is 0. The highest BCUT2D eigenvalue weighted by Gasteiger charge is 2.27. The van der Waals surface area contributed by atoms with Gasteiger partial charge in [-0.25, -0.2) is 0 Å². The molecular formula is C58H44O6P2. The van der Waals surface area contributed by atoms with E-state index in [0.29, 0.717) is 33.8 Å². The molecule has 0 bridgehead atoms. The topological polar surface area (TPSA) is 71.0 Å². The predicted octanol–water partition coefficient (Wildman–Crippen LogP) is 18.7. The Morgan fingerprint density at radius 1 is 0.318 bits per heavy atom. The first-order chi connectivity index (χ1) is 32.2. The summed E-state index contributed by atoms with van der Waals surface area (Å²) in [4.78, 5) is 0. The molecule has 66 heavy (non-hydrogen) atoms. The largest absolute Gasteiger partial charge is 0.453 e. The molecule has 0 aliphatic heterocycles. The quantitative estimate of drug-likeness (QED) is 0.171. The van der Waals surface area contributed by atoms with Crippen molar-refractivity contribution in [3.63, 3.8) is 0 Å². The fourth-order valence-corrected chi connectivity index (χ4v) is 12.1. The minimum absolute atomic E-state index is 0.665. The fraction of sp³-hybridized carbons (Fsp3) is 0.103. The van der Waals surface area contributed by atoms with Gasteiger partial charge < -0.3 is 25.8 Å². The molecule has 0 aliphatic carbocycles. The number of rotatable bonds is 5. The molecule has 0 aliphatic rings. The molecule has 0 unspecified atom stereocenters. The highest BCUT2D eigenvalue weighted by Crippen LogP contribution is 2.52. The summed E-state index contributed by atoms with van der Waals surface area (Å²) < 4.78 is 42.2. The highest BCUT2D eigenvalue weighted by molar-refractivity contribution is 7.32. The van der Waals surface area contributed by atoms with Crippen LogP contribution in [-0.2, 0) is 0 Å². The Morgan fingerprint density at radius 3 is 0.879 bits per heavy atom. The molecule has 322 valence electrons. The minimum Gasteiger partial charge on any atom is -0.390 e. The lowest BCUT2D eigenvalue weighted by molar-refractivity contribution is 0.491. The van der Waals surface area contributed by atoms with Crippen LogP contribution in [-0.4, -0.2) is 0 Å². The first kappa shape index (κ1) is 40.2. The maximum atomic E-state index is 7.21. The molecule has 0 atom stereocenters. The lowest BCUT2D eigenvalue weighted by Crippen LogP contribution is -2.01. The molecule has 0 N–H and O–H groups in total. The first-order valence-corrected chi connectivity index (χ1v) is 24.4. The van der Waals surface area contributed by atoms with Crippen molar-refractivity contribution < 1.29 is 25.8 Å². The summed E-state index contributed by atoms with van der Waals surface area (Å²) in [7, 11) is -4.06. The summed E-state index contributed by atoms with van der Waals surface area (Å²) >= 11 is 0. The number of benzene rings is 10. The van der Waals surface area contributed by atoms with Crippen LogP contribution in [0.4, 0.5) is 0 Å². The van der Waals surface area contributed by atoms with E-state index in [1.54, 1.807) is 0 Å². The maximum absolute atomic E-state index is 7.21. The third kappa shape index (κ3) is 6.47. The van der Waals surface area contributed by atoms with Crippen LogP contribution >= 0.6 is 16.5 Å². The fourth-order valence-electron chi connectivity index (χ4n) is 9.89. The van der Waals surface area contributed by atoms with Crippen LogP contribution in [0.1, 0.15) is 33.4 Å². The summed E-state index contributed by atoms with van der Waals surface area (Å²) in [5.41, 5.74) is 10.9. The normalized spacial score (nSPS) is 11.8. The van der Waals surface area contributed by atoms with Gasteiger partial charge in [0.25, 0.3) is 0 Å². The SMILES string of the molecule is Cc1cc(C)c(Op2oc3ccc4ccccc4c3c3c(ccc4ccccc43)o2)c(-c2c(C)c(C)cc(C)c2Op2oc3ccc4ccccc4c3c3c(ccc4ccccc43)o2)c1C. The molecule has 0 amide bonds. The van der Waals surface area contributed by atoms with Gasteiger partial charge in [-0.2, -0.15) is 0 Å². The second kappa shape index (κ2) is 15.7. The van der Waals surface area contributed by atoms with Crippen molar-refractivity contribution in [3.05, 3.63) is 191 Å². The maximum Gasteiger partial charge on any atom is 0.453 e. The van der Waals surface area contributed by atoms with Gasteiger partial charge in [0.05, 0.1) is 0 Å². The molecule has 12 rings (SSSR count). The van der Waals surface area contributed by atoms with E-state index in [-0.39, 0.29) is 0 Å². The average Bonchev–Trinajstić information content (AvgIpc) is 3.61. The first-order valence-electron chi connectivity index (χ1n) is 22.2. The second-order valence-electron chi connectivity index (χ2n) is 17.3. The van der Waals surface area contributed by atoms with Gasteiger partial charge in [-0.15, -0.1) is 0 Å². The van der Waals surface area contributed by atoms with E-state index < -0.39 is 16.5 Å². The van der Waals surface area contributed by atoms with Crippen molar-refractivity contribution in [1.29, 1.82) is 0 Å². The standard InChI is InChI=1S/C58H44O6P2/c1-33-31-35(3)57(63-65-59-47-27-23-39-15-7-11-19-43(39)53(47)54-44-20-12-8-16-40(44)24-28-48(54)60-65)51(37(33)5)52-38(6)34(2)32-36(4)58(52)64-66-61-49-29-25-41-17-9-13-21-45(41)55(49)56-46-22-14-10-18-42(46)26-30-50(56)62-66/h7-32H,1-6H3. The Hall–Kier alpha value is -7.36. The molecule has 2 aromatic heterocycles. The molecule has 0 fully saturated rings. The highest BCUT2D eigenvalue weighted by atomic mass is 31.1. The van der Waals surface area contributed by atoms with E-state index in [0.717, 1.165) is 109 Å². The molecular weight excluding hydrogens is 855 g/mol. The monoisotopic (exact) mass is 898 g/mol. The third-order valence-electron chi connectivity index (χ3n) is 13.3. The van der Waals surface area contributed by atoms with Gasteiger partial charge in [-0.3, -0.25) is 0 Å². The Bertz CT molecular complexity index is 3630. The van der Waals surface area contributed by atoms with E-state index in [2.05, 4.69) is 175 Å². The van der Waals surface area contributed by atoms with Crippen molar-refractivity contribution in [2.45, 2.75) is 41.5 Å². The van der Waals surface area contributed by atoms with Gasteiger partial charge in [0, 0.05) is 32.7 Å². The van der Waals surface area contributed by atoms with Crippen LogP contribution < -0.4 is 9.05 Å². The van der Waals surface area contributed by atoms with Crippen molar-refractivity contribution in [3.8, 4) is 22.6 Å². The van der Waals surface area contributed by atoms with E-state index in [9.17, 15) is 0 Å². The summed E-state index contributed by atoms with van der Waals surface area (Å²) in [6.07, 6.45) is 0. The van der Waals surface area contributed by atoms with E-state index in [1.165, 1.54) is 0 Å². The number of aryl methyl sites for hydroxylation is 4. The third-order valence-corrected chi connectivity index (χ3v) is 15.4. The predicted molar refractivity (Wildman–Crippen MR) is 275 cm³/mol. The van der Waals surface area contributed by atoms with Gasteiger partial charge in [0.1, 0.15) is 33.8 Å². The van der Waals surface area contributed by atoms with E-state index in [4.69, 9.17) is 25.8 Å². The molecule has 8 heteroatoms. The van der Waals surface area contributed by atoms with Gasteiger partial charge in [-0.05, 0) is 142 Å². The molecule has 12 aromatic rings. The smallest absolute Gasteiger partial charge is 0.390 e. The zero-order valence-electron chi connectivity index (χ0n) is 37.4. The van der Waals surface area contributed by atoms with E-state index in [1.807, 2.05) is 24.3 Å². The lowest BCUT2D eigenvalue weighted by atomic mass is 9.87. The number of hydrogen-bond acceptors (Lipinski definition) is 6. The van der Waals surface area contributed by atoms with Crippen LogP contribution in [0, 0.1) is 41.5 Å². The summed E-state index contributed by atoms with van der Waals surface area (Å²) in [6.45, 7) is 12.8. The van der Waals surface area contributed by atoms with Gasteiger partial charge in [0.2, 0.25) is 0 Å². The Kier molecular flexibility index (Phi) is 9.54. The minimum atomic E-state index is -2.03. The van der Waals surface area contributed by atoms with E-state index >= 15 is 0 Å². The molecule has 0 saturated carbocycles. The van der Waals surface area contributed by atoms with Crippen LogP contribution in [0.15, 0.2) is 175 Å². The zero-order valence-corrected chi connectivity index (χ0v) is 39.1. The molecule has 0 spiro atoms. The molecule has 10 aromatic carbocycles. The van der Waals surface area contributed by atoms with Crippen molar-refractivity contribution in [2.75, 3.05) is 0 Å². The van der Waals surface area contributed by atoms with Gasteiger partial charge in [-0.1, -0.05) is 133 Å². The van der Waals surface area contributed by atoms with Gasteiger partial charge in [0.15, 0.2) is 0 Å². The van der Waals surface area contributed by atoms with Crippen molar-refractivity contribution in [2.24, 2.45) is 0 Å². The molecule has 0 radical (unpaired) electrons. The second-order valence-corrected chi connectivity index (χ2v) is 19.3. The van der Waals surface area contributed by atoms with Crippen LogP contribution in [0.5, 0.6) is 11.5 Å². The lowest BCUT2D eigenvalue weighted by Gasteiger charge is -2.22. The summed E-state index contributed by atoms with van der Waals surface area (Å²) in [5.74, 6) is 1.33. The van der Waals surface area contributed by atoms with Crippen molar-refractivity contribution in [1.82, 2.24) is 0 Å². The van der Waals surface area contributed by atoms with Crippen LogP contribution in [0.2, 0.25) is 0 Å². The zero-order chi connectivity index (χ0) is 44.8. The van der Waals surface area contributed by atoms with Crippen LogP contribution in [0.3, 0.4) is 0 Å². The number of fused-ring (bicyclic) bond motifs is 14. The Labute approximate surface area is 382 Å². The van der Waals surface area contributed by atoms with Gasteiger partial charge >= 0.3 is 16.5 Å². The Morgan fingerprint density at radius 2 is 0.591 bits per heavy atom.